The molecule has 1 amide bonds. The second-order valence-electron chi connectivity index (χ2n) is 5.00. The maximum Gasteiger partial charge on any atom is 0.266 e. The second-order valence-corrected chi connectivity index (χ2v) is 5.86. The number of nitriles is 1. The SMILES string of the molecule is N#CC(=Cc1ccccc1Br)C(=O)Nc1ccc2c(c1)OCCO2. The minimum Gasteiger partial charge on any atom is -0.486 e. The highest BCUT2D eigenvalue weighted by Crippen LogP contribution is 2.32. The number of halogens is 1. The number of anilines is 1. The number of nitrogens with zero attached hydrogens (tertiary/aromatic N) is 1. The molecule has 24 heavy (non-hydrogen) atoms. The lowest BCUT2D eigenvalue weighted by molar-refractivity contribution is -0.112. The van der Waals surface area contributed by atoms with Crippen LogP contribution in [0.15, 0.2) is 52.5 Å². The summed E-state index contributed by atoms with van der Waals surface area (Å²) in [6.45, 7) is 0.974. The Balaban J connectivity index is 1.80. The molecule has 0 aliphatic carbocycles. The largest absolute Gasteiger partial charge is 0.486 e. The molecular formula is C18H13BrN2O3. The van der Waals surface area contributed by atoms with Crippen LogP contribution in [0.3, 0.4) is 0 Å². The first-order valence-corrected chi connectivity index (χ1v) is 8.04. The third kappa shape index (κ3) is 3.58. The molecule has 0 saturated heterocycles. The van der Waals surface area contributed by atoms with E-state index in [0.717, 1.165) is 10.0 Å². The predicted octanol–water partition coefficient (Wildman–Crippen LogP) is 3.77. The van der Waals surface area contributed by atoms with Crippen LogP contribution in [0.1, 0.15) is 5.56 Å². The zero-order chi connectivity index (χ0) is 16.9. The van der Waals surface area contributed by atoms with E-state index in [0.29, 0.717) is 30.4 Å². The van der Waals surface area contributed by atoms with Crippen LogP contribution in [0, 0.1) is 11.3 Å². The number of benzene rings is 2. The van der Waals surface area contributed by atoms with Gasteiger partial charge in [0.2, 0.25) is 0 Å². The molecule has 5 nitrogen and oxygen atoms in total. The Labute approximate surface area is 147 Å². The zero-order valence-corrected chi connectivity index (χ0v) is 14.2. The second kappa shape index (κ2) is 7.20. The first-order valence-electron chi connectivity index (χ1n) is 7.25. The van der Waals surface area contributed by atoms with Gasteiger partial charge >= 0.3 is 0 Å². The molecule has 0 unspecified atom stereocenters. The number of rotatable bonds is 3. The summed E-state index contributed by atoms with van der Waals surface area (Å²) in [7, 11) is 0. The summed E-state index contributed by atoms with van der Waals surface area (Å²) in [5.41, 5.74) is 1.31. The van der Waals surface area contributed by atoms with Gasteiger partial charge in [-0.3, -0.25) is 4.79 Å². The molecule has 2 aromatic rings. The topological polar surface area (TPSA) is 71.4 Å². The molecule has 2 aromatic carbocycles. The number of hydrogen-bond donors (Lipinski definition) is 1. The number of amides is 1. The first kappa shape index (κ1) is 16.1. The highest BCUT2D eigenvalue weighted by atomic mass is 79.9. The van der Waals surface area contributed by atoms with Crippen LogP contribution in [-0.2, 0) is 4.79 Å². The summed E-state index contributed by atoms with van der Waals surface area (Å²) in [6, 6.07) is 14.4. The lowest BCUT2D eigenvalue weighted by atomic mass is 10.1. The molecular weight excluding hydrogens is 372 g/mol. The fourth-order valence-corrected chi connectivity index (χ4v) is 2.62. The number of ether oxygens (including phenoxy) is 2. The Morgan fingerprint density at radius 1 is 1.17 bits per heavy atom. The van der Waals surface area contributed by atoms with Gasteiger partial charge in [-0.05, 0) is 29.8 Å². The van der Waals surface area contributed by atoms with E-state index in [-0.39, 0.29) is 5.57 Å². The lowest BCUT2D eigenvalue weighted by Gasteiger charge is -2.18. The van der Waals surface area contributed by atoms with E-state index in [1.165, 1.54) is 6.08 Å². The Bertz CT molecular complexity index is 856. The van der Waals surface area contributed by atoms with E-state index in [9.17, 15) is 10.1 Å². The molecule has 1 aliphatic rings. The summed E-state index contributed by atoms with van der Waals surface area (Å²) in [6.07, 6.45) is 1.54. The molecule has 0 atom stereocenters. The van der Waals surface area contributed by atoms with Crippen LogP contribution < -0.4 is 14.8 Å². The van der Waals surface area contributed by atoms with Crippen LogP contribution in [0.5, 0.6) is 11.5 Å². The smallest absolute Gasteiger partial charge is 0.266 e. The number of carbonyl (C=O) groups excluding carboxylic acids is 1. The molecule has 1 aliphatic heterocycles. The Morgan fingerprint density at radius 3 is 2.67 bits per heavy atom. The molecule has 3 rings (SSSR count). The number of fused-ring (bicyclic) bond motifs is 1. The van der Waals surface area contributed by atoms with E-state index in [4.69, 9.17) is 9.47 Å². The monoisotopic (exact) mass is 384 g/mol. The van der Waals surface area contributed by atoms with Crippen molar-refractivity contribution in [1.29, 1.82) is 5.26 Å². The highest BCUT2D eigenvalue weighted by Gasteiger charge is 2.14. The van der Waals surface area contributed by atoms with E-state index < -0.39 is 5.91 Å². The molecule has 0 fully saturated rings. The van der Waals surface area contributed by atoms with Gasteiger partial charge in [0, 0.05) is 16.2 Å². The highest BCUT2D eigenvalue weighted by molar-refractivity contribution is 9.10. The van der Waals surface area contributed by atoms with Gasteiger partial charge in [-0.2, -0.15) is 5.26 Å². The van der Waals surface area contributed by atoms with Crippen LogP contribution in [-0.4, -0.2) is 19.1 Å². The van der Waals surface area contributed by atoms with Gasteiger partial charge in [0.15, 0.2) is 11.5 Å². The summed E-state index contributed by atoms with van der Waals surface area (Å²) in [5.74, 6) is 0.737. The van der Waals surface area contributed by atoms with Crippen molar-refractivity contribution < 1.29 is 14.3 Å². The predicted molar refractivity (Wildman–Crippen MR) is 93.8 cm³/mol. The maximum atomic E-state index is 12.3. The van der Waals surface area contributed by atoms with Crippen molar-refractivity contribution in [2.45, 2.75) is 0 Å². The number of carbonyl (C=O) groups is 1. The quantitative estimate of drug-likeness (QED) is 0.645. The molecule has 1 N–H and O–H groups in total. The summed E-state index contributed by atoms with van der Waals surface area (Å²) >= 11 is 3.39. The summed E-state index contributed by atoms with van der Waals surface area (Å²) in [4.78, 5) is 12.3. The average Bonchev–Trinajstić information content (AvgIpc) is 2.61. The summed E-state index contributed by atoms with van der Waals surface area (Å²) in [5, 5.41) is 12.0. The standard InChI is InChI=1S/C18H13BrN2O3/c19-15-4-2-1-3-12(15)9-13(11-20)18(22)21-14-5-6-16-17(10-14)24-8-7-23-16/h1-6,9-10H,7-8H2,(H,21,22). The normalized spacial score (nSPS) is 13.1. The fraction of sp³-hybridized carbons (Fsp3) is 0.111. The molecule has 0 saturated carbocycles. The Morgan fingerprint density at radius 2 is 1.92 bits per heavy atom. The van der Waals surface area contributed by atoms with Crippen molar-refractivity contribution in [3.63, 3.8) is 0 Å². The first-order chi connectivity index (χ1) is 11.7. The van der Waals surface area contributed by atoms with Crippen molar-refractivity contribution >= 4 is 33.6 Å². The van der Waals surface area contributed by atoms with Crippen molar-refractivity contribution in [3.05, 3.63) is 58.1 Å². The molecule has 1 heterocycles. The fourth-order valence-electron chi connectivity index (χ4n) is 2.22. The third-order valence-electron chi connectivity index (χ3n) is 3.37. The maximum absolute atomic E-state index is 12.3. The van der Waals surface area contributed by atoms with E-state index in [1.807, 2.05) is 30.3 Å². The molecule has 0 aromatic heterocycles. The Kier molecular flexibility index (Phi) is 4.82. The molecule has 120 valence electrons. The van der Waals surface area contributed by atoms with Crippen molar-refractivity contribution in [2.24, 2.45) is 0 Å². The van der Waals surface area contributed by atoms with Crippen LogP contribution in [0.4, 0.5) is 5.69 Å². The van der Waals surface area contributed by atoms with E-state index >= 15 is 0 Å². The van der Waals surface area contributed by atoms with Gasteiger partial charge in [0.1, 0.15) is 24.9 Å². The van der Waals surface area contributed by atoms with E-state index in [2.05, 4.69) is 21.2 Å². The number of nitrogens with one attached hydrogen (secondary N) is 1. The molecule has 0 spiro atoms. The van der Waals surface area contributed by atoms with Crippen LogP contribution >= 0.6 is 15.9 Å². The van der Waals surface area contributed by atoms with E-state index in [1.54, 1.807) is 18.2 Å². The third-order valence-corrected chi connectivity index (χ3v) is 4.09. The van der Waals surface area contributed by atoms with Gasteiger partial charge in [-0.15, -0.1) is 0 Å². The average molecular weight is 385 g/mol. The number of hydrogen-bond acceptors (Lipinski definition) is 4. The molecule has 0 radical (unpaired) electrons. The molecule has 0 bridgehead atoms. The van der Waals surface area contributed by atoms with Crippen molar-refractivity contribution in [1.82, 2.24) is 0 Å². The van der Waals surface area contributed by atoms with Crippen LogP contribution in [0.25, 0.3) is 6.08 Å². The van der Waals surface area contributed by atoms with Gasteiger partial charge < -0.3 is 14.8 Å². The van der Waals surface area contributed by atoms with Gasteiger partial charge in [-0.1, -0.05) is 34.1 Å². The zero-order valence-electron chi connectivity index (χ0n) is 12.6. The van der Waals surface area contributed by atoms with Crippen molar-refractivity contribution in [2.75, 3.05) is 18.5 Å². The molecule has 6 heteroatoms. The minimum absolute atomic E-state index is 0.0109. The van der Waals surface area contributed by atoms with Gasteiger partial charge in [0.05, 0.1) is 0 Å². The van der Waals surface area contributed by atoms with Crippen LogP contribution in [0.2, 0.25) is 0 Å². The van der Waals surface area contributed by atoms with Gasteiger partial charge in [-0.25, -0.2) is 0 Å². The lowest BCUT2D eigenvalue weighted by Crippen LogP contribution is -2.17. The van der Waals surface area contributed by atoms with Gasteiger partial charge in [0.25, 0.3) is 5.91 Å². The minimum atomic E-state index is -0.482. The summed E-state index contributed by atoms with van der Waals surface area (Å²) < 4.78 is 11.7. The Hall–Kier alpha value is -2.78. The van der Waals surface area contributed by atoms with Crippen molar-refractivity contribution in [3.8, 4) is 17.6 Å².